The van der Waals surface area contributed by atoms with Gasteiger partial charge >= 0.3 is 0 Å². The van der Waals surface area contributed by atoms with Crippen molar-refractivity contribution in [1.29, 1.82) is 0 Å². The maximum atomic E-state index is 12.1. The van der Waals surface area contributed by atoms with Gasteiger partial charge < -0.3 is 15.4 Å². The fourth-order valence-electron chi connectivity index (χ4n) is 2.36. The highest BCUT2D eigenvalue weighted by Gasteiger charge is 2.06. The summed E-state index contributed by atoms with van der Waals surface area (Å²) in [7, 11) is 0. The number of nitrogens with one attached hydrogen (secondary N) is 2. The molecular weight excluding hydrogens is 344 g/mol. The van der Waals surface area contributed by atoms with E-state index in [1.165, 1.54) is 19.3 Å². The van der Waals surface area contributed by atoms with Gasteiger partial charge in [0, 0.05) is 18.7 Å². The van der Waals surface area contributed by atoms with Gasteiger partial charge in [0.15, 0.2) is 0 Å². The molecule has 7 heteroatoms. The van der Waals surface area contributed by atoms with Gasteiger partial charge in [-0.3, -0.25) is 9.59 Å². The Hall–Kier alpha value is -3.74. The molecule has 136 valence electrons. The number of nitrogens with zero attached hydrogens (tertiary/aromatic N) is 2. The lowest BCUT2D eigenvalue weighted by Crippen LogP contribution is -2.14. The van der Waals surface area contributed by atoms with Crippen LogP contribution in [-0.2, 0) is 16.0 Å². The predicted molar refractivity (Wildman–Crippen MR) is 102 cm³/mol. The van der Waals surface area contributed by atoms with Crippen LogP contribution in [0.25, 0.3) is 0 Å². The molecule has 3 aromatic rings. The SMILES string of the molecule is CC(=O)Nc1cc(Oc2ccc(NC(=O)Cc3ccccc3)cc2)ncn1. The fraction of sp³-hybridized carbons (Fsp3) is 0.100. The van der Waals surface area contributed by atoms with E-state index in [-0.39, 0.29) is 11.8 Å². The largest absolute Gasteiger partial charge is 0.439 e. The van der Waals surface area contributed by atoms with Crippen LogP contribution in [0.5, 0.6) is 11.6 Å². The third-order valence-corrected chi connectivity index (χ3v) is 3.51. The first kappa shape index (κ1) is 18.1. The molecule has 1 heterocycles. The van der Waals surface area contributed by atoms with Crippen LogP contribution in [0.3, 0.4) is 0 Å². The van der Waals surface area contributed by atoms with Crippen LogP contribution in [-0.4, -0.2) is 21.8 Å². The van der Waals surface area contributed by atoms with E-state index in [0.717, 1.165) is 5.56 Å². The van der Waals surface area contributed by atoms with Crippen molar-refractivity contribution in [2.24, 2.45) is 0 Å². The van der Waals surface area contributed by atoms with Crippen LogP contribution in [0.1, 0.15) is 12.5 Å². The summed E-state index contributed by atoms with van der Waals surface area (Å²) in [5, 5.41) is 5.41. The zero-order valence-corrected chi connectivity index (χ0v) is 14.7. The lowest BCUT2D eigenvalue weighted by atomic mass is 10.1. The highest BCUT2D eigenvalue weighted by atomic mass is 16.5. The Morgan fingerprint density at radius 3 is 2.41 bits per heavy atom. The molecule has 0 spiro atoms. The van der Waals surface area contributed by atoms with Crippen molar-refractivity contribution < 1.29 is 14.3 Å². The first-order chi connectivity index (χ1) is 13.1. The summed E-state index contributed by atoms with van der Waals surface area (Å²) < 4.78 is 5.64. The quantitative estimate of drug-likeness (QED) is 0.701. The molecule has 0 unspecified atom stereocenters. The minimum absolute atomic E-state index is 0.0920. The number of carbonyl (C=O) groups is 2. The van der Waals surface area contributed by atoms with E-state index in [1.54, 1.807) is 24.3 Å². The van der Waals surface area contributed by atoms with Crippen molar-refractivity contribution in [2.75, 3.05) is 10.6 Å². The molecule has 2 amide bonds. The highest BCUT2D eigenvalue weighted by molar-refractivity contribution is 5.92. The number of carbonyl (C=O) groups excluding carboxylic acids is 2. The van der Waals surface area contributed by atoms with E-state index in [4.69, 9.17) is 4.74 Å². The number of aromatic nitrogens is 2. The van der Waals surface area contributed by atoms with Crippen LogP contribution < -0.4 is 15.4 Å². The van der Waals surface area contributed by atoms with Gasteiger partial charge in [0.2, 0.25) is 17.7 Å². The molecule has 3 rings (SSSR count). The summed E-state index contributed by atoms with van der Waals surface area (Å²) in [5.74, 6) is 0.885. The molecule has 0 aliphatic carbocycles. The lowest BCUT2D eigenvalue weighted by Gasteiger charge is -2.08. The normalized spacial score (nSPS) is 10.1. The van der Waals surface area contributed by atoms with Crippen LogP contribution in [0, 0.1) is 0 Å². The summed E-state index contributed by atoms with van der Waals surface area (Å²) in [6.45, 7) is 1.40. The van der Waals surface area contributed by atoms with Crippen molar-refractivity contribution in [1.82, 2.24) is 9.97 Å². The molecule has 0 saturated heterocycles. The number of rotatable bonds is 6. The van der Waals surface area contributed by atoms with Gasteiger partial charge in [-0.05, 0) is 29.8 Å². The minimum Gasteiger partial charge on any atom is -0.439 e. The average molecular weight is 362 g/mol. The zero-order chi connectivity index (χ0) is 19.1. The van der Waals surface area contributed by atoms with E-state index in [2.05, 4.69) is 20.6 Å². The van der Waals surface area contributed by atoms with Crippen molar-refractivity contribution >= 4 is 23.3 Å². The van der Waals surface area contributed by atoms with Crippen LogP contribution in [0.4, 0.5) is 11.5 Å². The summed E-state index contributed by atoms with van der Waals surface area (Å²) >= 11 is 0. The third-order valence-electron chi connectivity index (χ3n) is 3.51. The van der Waals surface area contributed by atoms with Crippen molar-refractivity contribution in [2.45, 2.75) is 13.3 Å². The number of hydrogen-bond acceptors (Lipinski definition) is 5. The summed E-state index contributed by atoms with van der Waals surface area (Å²) in [6, 6.07) is 18.0. The topological polar surface area (TPSA) is 93.2 Å². The maximum Gasteiger partial charge on any atom is 0.228 e. The van der Waals surface area contributed by atoms with Gasteiger partial charge in [-0.2, -0.15) is 0 Å². The van der Waals surface area contributed by atoms with Crippen molar-refractivity contribution in [3.05, 3.63) is 72.6 Å². The molecule has 0 aliphatic heterocycles. The summed E-state index contributed by atoms with van der Waals surface area (Å²) in [4.78, 5) is 31.1. The fourth-order valence-corrected chi connectivity index (χ4v) is 2.36. The molecule has 0 atom stereocenters. The molecule has 0 radical (unpaired) electrons. The van der Waals surface area contributed by atoms with Crippen LogP contribution in [0.15, 0.2) is 67.0 Å². The van der Waals surface area contributed by atoms with Crippen LogP contribution >= 0.6 is 0 Å². The standard InChI is InChI=1S/C20H18N4O3/c1-14(25)23-18-12-20(22-13-21-18)27-17-9-7-16(8-10-17)24-19(26)11-15-5-3-2-4-6-15/h2-10,12-13H,11H2,1H3,(H,24,26)(H,21,22,23,25). The van der Waals surface area contributed by atoms with Crippen molar-refractivity contribution in [3.8, 4) is 11.6 Å². The van der Waals surface area contributed by atoms with Gasteiger partial charge in [0.25, 0.3) is 0 Å². The second-order valence-electron chi connectivity index (χ2n) is 5.76. The summed E-state index contributed by atoms with van der Waals surface area (Å²) in [6.07, 6.45) is 1.62. The van der Waals surface area contributed by atoms with E-state index in [0.29, 0.717) is 29.6 Å². The van der Waals surface area contributed by atoms with E-state index >= 15 is 0 Å². The van der Waals surface area contributed by atoms with Gasteiger partial charge in [0.05, 0.1) is 6.42 Å². The average Bonchev–Trinajstić information content (AvgIpc) is 2.64. The molecule has 0 saturated carbocycles. The number of anilines is 2. The first-order valence-electron chi connectivity index (χ1n) is 8.30. The molecular formula is C20H18N4O3. The molecule has 7 nitrogen and oxygen atoms in total. The van der Waals surface area contributed by atoms with Crippen molar-refractivity contribution in [3.63, 3.8) is 0 Å². The van der Waals surface area contributed by atoms with E-state index < -0.39 is 0 Å². The minimum atomic E-state index is -0.227. The first-order valence-corrected chi connectivity index (χ1v) is 8.30. The van der Waals surface area contributed by atoms with Gasteiger partial charge in [-0.15, -0.1) is 0 Å². The number of amides is 2. The molecule has 0 fully saturated rings. The Kier molecular flexibility index (Phi) is 5.73. The lowest BCUT2D eigenvalue weighted by molar-refractivity contribution is -0.116. The smallest absolute Gasteiger partial charge is 0.228 e. The number of ether oxygens (including phenoxy) is 1. The third kappa shape index (κ3) is 5.64. The monoisotopic (exact) mass is 362 g/mol. The van der Waals surface area contributed by atoms with Gasteiger partial charge in [-0.1, -0.05) is 30.3 Å². The van der Waals surface area contributed by atoms with Gasteiger partial charge in [-0.25, -0.2) is 9.97 Å². The Bertz CT molecular complexity index is 927. The zero-order valence-electron chi connectivity index (χ0n) is 14.7. The molecule has 2 aromatic carbocycles. The molecule has 27 heavy (non-hydrogen) atoms. The Balaban J connectivity index is 1.58. The summed E-state index contributed by atoms with van der Waals surface area (Å²) in [5.41, 5.74) is 1.62. The van der Waals surface area contributed by atoms with E-state index in [1.807, 2.05) is 30.3 Å². The molecule has 2 N–H and O–H groups in total. The highest BCUT2D eigenvalue weighted by Crippen LogP contribution is 2.22. The van der Waals surface area contributed by atoms with Crippen LogP contribution in [0.2, 0.25) is 0 Å². The molecule has 0 bridgehead atoms. The number of hydrogen-bond donors (Lipinski definition) is 2. The van der Waals surface area contributed by atoms with Gasteiger partial charge in [0.1, 0.15) is 17.9 Å². The Labute approximate surface area is 156 Å². The molecule has 1 aromatic heterocycles. The van der Waals surface area contributed by atoms with E-state index in [9.17, 15) is 9.59 Å². The second-order valence-corrected chi connectivity index (χ2v) is 5.76. The Morgan fingerprint density at radius 1 is 0.963 bits per heavy atom. The second kappa shape index (κ2) is 8.57. The predicted octanol–water partition coefficient (Wildman–Crippen LogP) is 3.41. The maximum absolute atomic E-state index is 12.1. The number of benzene rings is 2. The molecule has 0 aliphatic rings. The Morgan fingerprint density at radius 2 is 1.70 bits per heavy atom.